The van der Waals surface area contributed by atoms with Gasteiger partial charge in [0, 0.05) is 8.80 Å². The maximum atomic E-state index is 2.35. The van der Waals surface area contributed by atoms with Crippen molar-refractivity contribution in [2.75, 3.05) is 0 Å². The van der Waals surface area contributed by atoms with Crippen LogP contribution in [0.5, 0.6) is 0 Å². The molecule has 0 saturated carbocycles. The Bertz CT molecular complexity index is 61.3. The first-order valence-corrected chi connectivity index (χ1v) is 5.25. The predicted molar refractivity (Wildman–Crippen MR) is 45.2 cm³/mol. The maximum absolute atomic E-state index is 2.35. The molecule has 0 aliphatic rings. The van der Waals surface area contributed by atoms with Crippen molar-refractivity contribution in [3.8, 4) is 0 Å². The third kappa shape index (κ3) is 4.54. The van der Waals surface area contributed by atoms with Gasteiger partial charge in [-0.1, -0.05) is 33.9 Å². The van der Waals surface area contributed by atoms with Crippen molar-refractivity contribution in [2.24, 2.45) is 0 Å². The molecule has 0 rings (SSSR count). The normalized spacial score (nSPS) is 11.2. The van der Waals surface area contributed by atoms with Crippen LogP contribution in [0.1, 0.15) is 23.6 Å². The van der Waals surface area contributed by atoms with Crippen LogP contribution in [0.3, 0.4) is 0 Å². The summed E-state index contributed by atoms with van der Waals surface area (Å²) < 4.78 is 0. The van der Waals surface area contributed by atoms with Crippen LogP contribution in [0, 0.1) is 0 Å². The molecule has 47 valence electrons. The van der Waals surface area contributed by atoms with Crippen molar-refractivity contribution in [1.29, 1.82) is 0 Å². The third-order valence-electron chi connectivity index (χ3n) is 1.50. The minimum absolute atomic E-state index is 0. The van der Waals surface area contributed by atoms with Crippen LogP contribution < -0.4 is 0 Å². The molecule has 0 aromatic rings. The first kappa shape index (κ1) is 11.2. The van der Waals surface area contributed by atoms with Crippen molar-refractivity contribution in [2.45, 2.75) is 38.9 Å². The van der Waals surface area contributed by atoms with E-state index in [2.05, 4.69) is 33.9 Å². The molecule has 0 atom stereocenters. The van der Waals surface area contributed by atoms with E-state index in [0.717, 1.165) is 0 Å². The molecule has 8 heavy (non-hydrogen) atoms. The van der Waals surface area contributed by atoms with Crippen LogP contribution in [0.15, 0.2) is 0 Å². The van der Waals surface area contributed by atoms with Gasteiger partial charge in [-0.15, -0.1) is 0 Å². The fraction of sp³-hybridized carbons (Fsp3) is 1.00. The van der Waals surface area contributed by atoms with Crippen molar-refractivity contribution in [3.05, 3.63) is 0 Å². The first-order valence-electron chi connectivity index (χ1n) is 2.75. The van der Waals surface area contributed by atoms with Crippen molar-refractivity contribution < 1.29 is 2.85 Å². The van der Waals surface area contributed by atoms with Crippen molar-refractivity contribution in [1.82, 2.24) is 0 Å². The van der Waals surface area contributed by atoms with Gasteiger partial charge in [0.25, 0.3) is 0 Å². The maximum Gasteiger partial charge on any atom is 2.00 e. The molecule has 0 nitrogen and oxygen atoms in total. The Morgan fingerprint density at radius 2 is 1.25 bits per heavy atom. The van der Waals surface area contributed by atoms with E-state index < -0.39 is 0 Å². The molecule has 0 bridgehead atoms. The Morgan fingerprint density at radius 3 is 1.25 bits per heavy atom. The quantitative estimate of drug-likeness (QED) is 0.437. The second-order valence-corrected chi connectivity index (χ2v) is 6.75. The Hall–Kier alpha value is 0.386. The molecular formula is C6H17BeSi. The minimum Gasteiger partial charge on any atom is -1.00 e. The Balaban J connectivity index is -0.0000000600. The standard InChI is InChI=1S/C6H15Si.Be.2H/c1-6(2,3)7(4)5;;;/h1-5H3;;;/q;+2;2*-1. The average Bonchev–Trinajstić information content (AvgIpc) is 1.31. The van der Waals surface area contributed by atoms with Gasteiger partial charge in [0.05, 0.1) is 0 Å². The summed E-state index contributed by atoms with van der Waals surface area (Å²) in [5, 5.41) is 0.602. The molecule has 2 heteroatoms. The van der Waals surface area contributed by atoms with Gasteiger partial charge in [-0.2, -0.15) is 0 Å². The van der Waals surface area contributed by atoms with Crippen LogP contribution in [-0.2, 0) is 0 Å². The second-order valence-electron chi connectivity index (χ2n) is 3.25. The van der Waals surface area contributed by atoms with Crippen molar-refractivity contribution in [3.63, 3.8) is 0 Å². The summed E-state index contributed by atoms with van der Waals surface area (Å²) in [6, 6.07) is 0. The van der Waals surface area contributed by atoms with Gasteiger partial charge in [0.15, 0.2) is 0 Å². The number of hydrogen-bond donors (Lipinski definition) is 0. The van der Waals surface area contributed by atoms with E-state index in [1.165, 1.54) is 0 Å². The van der Waals surface area contributed by atoms with E-state index in [0.29, 0.717) is 5.04 Å². The molecule has 0 saturated heterocycles. The van der Waals surface area contributed by atoms with Gasteiger partial charge in [0.1, 0.15) is 0 Å². The summed E-state index contributed by atoms with van der Waals surface area (Å²) >= 11 is 0. The molecule has 0 aromatic carbocycles. The van der Waals surface area contributed by atoms with E-state index in [-0.39, 0.29) is 21.8 Å². The van der Waals surface area contributed by atoms with Gasteiger partial charge in [-0.05, 0) is 5.04 Å². The SMILES string of the molecule is C[Si](C)C(C)(C)C.[Be+2].[H-].[H-]. The second kappa shape index (κ2) is 3.42. The summed E-state index contributed by atoms with van der Waals surface area (Å²) in [5.74, 6) is 0. The fourth-order valence-electron chi connectivity index (χ4n) is 0. The smallest absolute Gasteiger partial charge is 1.00 e. The first-order chi connectivity index (χ1) is 2.94. The van der Waals surface area contributed by atoms with E-state index in [1.807, 2.05) is 0 Å². The number of hydrogen-bond acceptors (Lipinski definition) is 0. The molecule has 0 unspecified atom stereocenters. The zero-order chi connectivity index (χ0) is 6.08. The predicted octanol–water partition coefficient (Wildman–Crippen LogP) is 2.39. The van der Waals surface area contributed by atoms with Crippen LogP contribution in [-0.4, -0.2) is 18.9 Å². The van der Waals surface area contributed by atoms with E-state index in [9.17, 15) is 0 Å². The van der Waals surface area contributed by atoms with Gasteiger partial charge in [-0.25, -0.2) is 0 Å². The zero-order valence-corrected chi connectivity index (χ0v) is 7.71. The van der Waals surface area contributed by atoms with Gasteiger partial charge in [-0.3, -0.25) is 0 Å². The van der Waals surface area contributed by atoms with Crippen LogP contribution >= 0.6 is 0 Å². The van der Waals surface area contributed by atoms with Gasteiger partial charge in [0.2, 0.25) is 0 Å². The summed E-state index contributed by atoms with van der Waals surface area (Å²) in [6.45, 7) is 11.6. The summed E-state index contributed by atoms with van der Waals surface area (Å²) in [4.78, 5) is 0. The summed E-state index contributed by atoms with van der Waals surface area (Å²) in [7, 11) is -0.0502. The van der Waals surface area contributed by atoms with Gasteiger partial charge >= 0.3 is 10.1 Å². The van der Waals surface area contributed by atoms with Gasteiger partial charge < -0.3 is 2.85 Å². The molecule has 0 aromatic heterocycles. The van der Waals surface area contributed by atoms with Crippen molar-refractivity contribution >= 4 is 18.9 Å². The molecule has 0 aliphatic carbocycles. The fourth-order valence-corrected chi connectivity index (χ4v) is 0. The molecule has 0 spiro atoms. The van der Waals surface area contributed by atoms with Crippen LogP contribution in [0.4, 0.5) is 0 Å². The molecule has 0 heterocycles. The zero-order valence-electron chi connectivity index (χ0n) is 8.71. The van der Waals surface area contributed by atoms with Crippen LogP contribution in [0.2, 0.25) is 18.1 Å². The molecule has 0 N–H and O–H groups in total. The third-order valence-corrected chi connectivity index (χ3v) is 4.50. The summed E-state index contributed by atoms with van der Waals surface area (Å²) in [6.07, 6.45) is 0. The molecule has 1 radical (unpaired) electrons. The Morgan fingerprint density at radius 1 is 1.12 bits per heavy atom. The topological polar surface area (TPSA) is 0 Å². The molecule has 0 aliphatic heterocycles. The van der Waals surface area contributed by atoms with E-state index in [4.69, 9.17) is 0 Å². The average molecular weight is 126 g/mol. The van der Waals surface area contributed by atoms with E-state index >= 15 is 0 Å². The Kier molecular flexibility index (Phi) is 4.79. The molecule has 0 amide bonds. The van der Waals surface area contributed by atoms with E-state index in [1.54, 1.807) is 0 Å². The van der Waals surface area contributed by atoms with Crippen LogP contribution in [0.25, 0.3) is 0 Å². The monoisotopic (exact) mass is 126 g/mol. The Labute approximate surface area is 61.5 Å². The molecular weight excluding hydrogens is 109 g/mol. The largest absolute Gasteiger partial charge is 2.00 e. The minimum atomic E-state index is -0.0502. The molecule has 0 fully saturated rings. The number of rotatable bonds is 0. The summed E-state index contributed by atoms with van der Waals surface area (Å²) in [5.41, 5.74) is 0.